The summed E-state index contributed by atoms with van der Waals surface area (Å²) in [5.41, 5.74) is 2.28. The molecule has 24 heavy (non-hydrogen) atoms. The van der Waals surface area contributed by atoms with Crippen LogP contribution in [0.1, 0.15) is 41.8 Å². The lowest BCUT2D eigenvalue weighted by Crippen LogP contribution is -2.32. The molecule has 0 spiro atoms. The second-order valence-electron chi connectivity index (χ2n) is 6.35. The molecule has 0 aliphatic carbocycles. The lowest BCUT2D eigenvalue weighted by atomic mass is 9.93. The number of carbonyl (C=O) groups is 1. The van der Waals surface area contributed by atoms with Gasteiger partial charge in [0.15, 0.2) is 0 Å². The van der Waals surface area contributed by atoms with Crippen LogP contribution in [-0.4, -0.2) is 17.8 Å². The van der Waals surface area contributed by atoms with Crippen LogP contribution in [0.2, 0.25) is 5.02 Å². The fourth-order valence-electron chi connectivity index (χ4n) is 2.53. The third-order valence-electron chi connectivity index (χ3n) is 3.88. The van der Waals surface area contributed by atoms with E-state index in [0.29, 0.717) is 10.6 Å². The van der Waals surface area contributed by atoms with E-state index in [1.54, 1.807) is 24.3 Å². The predicted octanol–water partition coefficient (Wildman–Crippen LogP) is 4.63. The van der Waals surface area contributed by atoms with Crippen molar-refractivity contribution in [3.05, 3.63) is 64.2 Å². The summed E-state index contributed by atoms with van der Waals surface area (Å²) in [7, 11) is 0. The Morgan fingerprint density at radius 2 is 2.00 bits per heavy atom. The summed E-state index contributed by atoms with van der Waals surface area (Å²) in [6.07, 6.45) is 3.44. The summed E-state index contributed by atoms with van der Waals surface area (Å²) in [5, 5.41) is 4.33. The van der Waals surface area contributed by atoms with Crippen LogP contribution in [0.3, 0.4) is 0 Å². The van der Waals surface area contributed by atoms with Gasteiger partial charge in [0, 0.05) is 5.02 Å². The molecule has 2 aromatic carbocycles. The molecule has 2 aromatic rings. The van der Waals surface area contributed by atoms with Gasteiger partial charge in [0.2, 0.25) is 0 Å². The van der Waals surface area contributed by atoms with Crippen molar-refractivity contribution in [3.8, 4) is 5.75 Å². The average Bonchev–Trinajstić information content (AvgIpc) is 2.55. The SMILES string of the molecule is CC1(C)CCc2cc(/C=N/OC(=O)c3ccc(Cl)cc3)ccc2O1. The molecule has 0 N–H and O–H groups in total. The van der Waals surface area contributed by atoms with Gasteiger partial charge in [-0.1, -0.05) is 16.8 Å². The van der Waals surface area contributed by atoms with Gasteiger partial charge in [0.05, 0.1) is 11.8 Å². The maximum Gasteiger partial charge on any atom is 0.365 e. The first kappa shape index (κ1) is 16.5. The number of nitrogens with zero attached hydrogens (tertiary/aromatic N) is 1. The molecule has 3 rings (SSSR count). The number of hydrogen-bond acceptors (Lipinski definition) is 4. The fourth-order valence-corrected chi connectivity index (χ4v) is 2.66. The molecule has 0 radical (unpaired) electrons. The van der Waals surface area contributed by atoms with E-state index in [4.69, 9.17) is 21.2 Å². The molecule has 1 aliphatic heterocycles. The van der Waals surface area contributed by atoms with Crippen LogP contribution < -0.4 is 4.74 Å². The Morgan fingerprint density at radius 1 is 1.25 bits per heavy atom. The second-order valence-corrected chi connectivity index (χ2v) is 6.79. The molecule has 1 heterocycles. The van der Waals surface area contributed by atoms with Crippen LogP contribution in [0.25, 0.3) is 0 Å². The zero-order chi connectivity index (χ0) is 17.2. The van der Waals surface area contributed by atoms with E-state index in [2.05, 4.69) is 19.0 Å². The molecular weight excluding hydrogens is 326 g/mol. The van der Waals surface area contributed by atoms with Crippen molar-refractivity contribution in [3.63, 3.8) is 0 Å². The van der Waals surface area contributed by atoms with Crippen molar-refractivity contribution in [1.29, 1.82) is 0 Å². The minimum Gasteiger partial charge on any atom is -0.488 e. The van der Waals surface area contributed by atoms with E-state index in [0.717, 1.165) is 29.7 Å². The Bertz CT molecular complexity index is 782. The minimum absolute atomic E-state index is 0.128. The monoisotopic (exact) mass is 343 g/mol. The van der Waals surface area contributed by atoms with E-state index in [9.17, 15) is 4.79 Å². The number of carbonyl (C=O) groups excluding carboxylic acids is 1. The molecule has 0 saturated carbocycles. The highest BCUT2D eigenvalue weighted by Gasteiger charge is 2.26. The maximum atomic E-state index is 11.9. The molecule has 124 valence electrons. The molecule has 1 aliphatic rings. The normalized spacial score (nSPS) is 15.6. The van der Waals surface area contributed by atoms with Crippen molar-refractivity contribution in [2.75, 3.05) is 0 Å². The van der Waals surface area contributed by atoms with Gasteiger partial charge in [-0.3, -0.25) is 0 Å². The largest absolute Gasteiger partial charge is 0.488 e. The van der Waals surface area contributed by atoms with Crippen LogP contribution in [-0.2, 0) is 11.3 Å². The number of oxime groups is 1. The van der Waals surface area contributed by atoms with Gasteiger partial charge in [0.25, 0.3) is 0 Å². The second kappa shape index (κ2) is 6.65. The van der Waals surface area contributed by atoms with Gasteiger partial charge in [-0.2, -0.15) is 0 Å². The zero-order valence-electron chi connectivity index (χ0n) is 13.6. The van der Waals surface area contributed by atoms with Crippen molar-refractivity contribution in [2.24, 2.45) is 5.16 Å². The zero-order valence-corrected chi connectivity index (χ0v) is 14.3. The molecule has 0 saturated heterocycles. The minimum atomic E-state index is -0.522. The third kappa shape index (κ3) is 3.95. The number of hydrogen-bond donors (Lipinski definition) is 0. The molecule has 4 nitrogen and oxygen atoms in total. The summed E-state index contributed by atoms with van der Waals surface area (Å²) >= 11 is 5.78. The summed E-state index contributed by atoms with van der Waals surface area (Å²) < 4.78 is 5.94. The fraction of sp³-hybridized carbons (Fsp3) is 0.263. The molecular formula is C19H18ClNO3. The first-order valence-electron chi connectivity index (χ1n) is 7.75. The van der Waals surface area contributed by atoms with E-state index >= 15 is 0 Å². The first-order valence-corrected chi connectivity index (χ1v) is 8.13. The van der Waals surface area contributed by atoms with Crippen molar-refractivity contribution >= 4 is 23.8 Å². The molecule has 0 unspecified atom stereocenters. The van der Waals surface area contributed by atoms with Crippen LogP contribution in [0.15, 0.2) is 47.6 Å². The van der Waals surface area contributed by atoms with Gasteiger partial charge in [-0.25, -0.2) is 4.79 Å². The number of benzene rings is 2. The maximum absolute atomic E-state index is 11.9. The van der Waals surface area contributed by atoms with E-state index < -0.39 is 5.97 Å². The van der Waals surface area contributed by atoms with Crippen LogP contribution >= 0.6 is 11.6 Å². The highest BCUT2D eigenvalue weighted by Crippen LogP contribution is 2.33. The Balaban J connectivity index is 1.65. The van der Waals surface area contributed by atoms with Crippen LogP contribution in [0.5, 0.6) is 5.75 Å². The molecule has 0 atom stereocenters. The van der Waals surface area contributed by atoms with Crippen molar-refractivity contribution in [2.45, 2.75) is 32.3 Å². The number of fused-ring (bicyclic) bond motifs is 1. The predicted molar refractivity (Wildman–Crippen MR) is 93.9 cm³/mol. The first-order chi connectivity index (χ1) is 11.4. The highest BCUT2D eigenvalue weighted by molar-refractivity contribution is 6.30. The Kier molecular flexibility index (Phi) is 4.58. The smallest absolute Gasteiger partial charge is 0.365 e. The van der Waals surface area contributed by atoms with E-state index in [1.807, 2.05) is 18.2 Å². The van der Waals surface area contributed by atoms with Crippen LogP contribution in [0, 0.1) is 0 Å². The number of halogens is 1. The summed E-state index contributed by atoms with van der Waals surface area (Å²) in [5.74, 6) is 0.382. The quantitative estimate of drug-likeness (QED) is 0.463. The molecule has 5 heteroatoms. The summed E-state index contributed by atoms with van der Waals surface area (Å²) in [6, 6.07) is 12.3. The van der Waals surface area contributed by atoms with E-state index in [1.165, 1.54) is 6.21 Å². The van der Waals surface area contributed by atoms with Gasteiger partial charge in [-0.05, 0) is 80.3 Å². The van der Waals surface area contributed by atoms with Crippen LogP contribution in [0.4, 0.5) is 0 Å². The van der Waals surface area contributed by atoms with E-state index in [-0.39, 0.29) is 5.60 Å². The molecule has 0 amide bonds. The Labute approximate surface area is 146 Å². The van der Waals surface area contributed by atoms with Crippen molar-refractivity contribution < 1.29 is 14.4 Å². The molecule has 0 bridgehead atoms. The van der Waals surface area contributed by atoms with Gasteiger partial charge in [0.1, 0.15) is 11.4 Å². The highest BCUT2D eigenvalue weighted by atomic mass is 35.5. The molecule has 0 aromatic heterocycles. The van der Waals surface area contributed by atoms with Gasteiger partial charge >= 0.3 is 5.97 Å². The van der Waals surface area contributed by atoms with Gasteiger partial charge in [-0.15, -0.1) is 0 Å². The summed E-state index contributed by atoms with van der Waals surface area (Å²) in [6.45, 7) is 4.17. The Morgan fingerprint density at radius 3 is 2.75 bits per heavy atom. The standard InChI is InChI=1S/C19H18ClNO3/c1-19(2)10-9-15-11-13(3-8-17(15)23-19)12-21-24-18(22)14-4-6-16(20)7-5-14/h3-8,11-12H,9-10H2,1-2H3/b21-12+. The number of rotatable bonds is 3. The Hall–Kier alpha value is -2.33. The lowest BCUT2D eigenvalue weighted by molar-refractivity contribution is 0.0519. The topological polar surface area (TPSA) is 47.9 Å². The number of ether oxygens (including phenoxy) is 1. The number of aryl methyl sites for hydroxylation is 1. The molecule has 0 fully saturated rings. The average molecular weight is 344 g/mol. The lowest BCUT2D eigenvalue weighted by Gasteiger charge is -2.32. The van der Waals surface area contributed by atoms with Gasteiger partial charge < -0.3 is 9.57 Å². The van der Waals surface area contributed by atoms with Crippen molar-refractivity contribution in [1.82, 2.24) is 0 Å². The summed E-state index contributed by atoms with van der Waals surface area (Å²) in [4.78, 5) is 16.8. The third-order valence-corrected chi connectivity index (χ3v) is 4.14.